The minimum Gasteiger partial charge on any atom is -0.356 e. The Morgan fingerprint density at radius 3 is 2.70 bits per heavy atom. The second-order valence-corrected chi connectivity index (χ2v) is 8.89. The van der Waals surface area contributed by atoms with Crippen molar-refractivity contribution in [3.8, 4) is 0 Å². The van der Waals surface area contributed by atoms with Crippen LogP contribution in [0.25, 0.3) is 10.9 Å². The van der Waals surface area contributed by atoms with E-state index in [1.165, 1.54) is 4.90 Å². The number of imide groups is 1. The molecule has 0 radical (unpaired) electrons. The summed E-state index contributed by atoms with van der Waals surface area (Å²) in [6.07, 6.45) is 1.92. The number of aromatic nitrogens is 1. The summed E-state index contributed by atoms with van der Waals surface area (Å²) in [6.45, 7) is 8.75. The van der Waals surface area contributed by atoms with Gasteiger partial charge in [0.05, 0.1) is 5.69 Å². The molecule has 0 saturated carbocycles. The van der Waals surface area contributed by atoms with Crippen LogP contribution in [0.3, 0.4) is 0 Å². The predicted octanol–water partition coefficient (Wildman–Crippen LogP) is 3.14. The fourth-order valence-corrected chi connectivity index (χ4v) is 4.84. The van der Waals surface area contributed by atoms with Gasteiger partial charge in [-0.3, -0.25) is 9.59 Å². The largest absolute Gasteiger partial charge is 0.356 e. The molecule has 3 heterocycles. The number of hydrogen-bond acceptors (Lipinski definition) is 3. The number of carbonyl (C=O) groups excluding carboxylic acids is 3. The summed E-state index contributed by atoms with van der Waals surface area (Å²) in [7, 11) is 0. The Kier molecular flexibility index (Phi) is 5.08. The molecule has 2 aliphatic heterocycles. The lowest BCUT2D eigenvalue weighted by Gasteiger charge is -2.36. The molecule has 2 atom stereocenters. The molecule has 1 saturated heterocycles. The Morgan fingerprint density at radius 2 is 2.00 bits per heavy atom. The summed E-state index contributed by atoms with van der Waals surface area (Å²) in [5, 5.41) is 3.97. The van der Waals surface area contributed by atoms with Crippen molar-refractivity contribution in [1.82, 2.24) is 20.1 Å². The van der Waals surface area contributed by atoms with Gasteiger partial charge in [0.25, 0.3) is 5.91 Å². The lowest BCUT2D eigenvalue weighted by Crippen LogP contribution is -2.51. The summed E-state index contributed by atoms with van der Waals surface area (Å²) < 4.78 is 0. The van der Waals surface area contributed by atoms with Gasteiger partial charge in [0.2, 0.25) is 5.91 Å². The number of H-pyrrole nitrogens is 1. The van der Waals surface area contributed by atoms with Gasteiger partial charge in [-0.2, -0.15) is 0 Å². The maximum absolute atomic E-state index is 13.8. The molecule has 2 aliphatic rings. The van der Waals surface area contributed by atoms with Crippen LogP contribution in [0.2, 0.25) is 0 Å². The summed E-state index contributed by atoms with van der Waals surface area (Å²) in [4.78, 5) is 46.4. The molecule has 1 aromatic carbocycles. The number of rotatable bonds is 6. The number of nitrogens with zero attached hydrogens (tertiary/aromatic N) is 2. The zero-order chi connectivity index (χ0) is 21.6. The number of carbonyl (C=O) groups is 3. The standard InChI is InChI=1S/C23H30N4O3/c1-5-11-24-20(28)18(13-14(2)3)27-21(29)23(4)19-16(10-12-26(23)22(27)30)15-8-6-7-9-17(15)25-19/h6-9,14,18,25H,5,10-13H2,1-4H3,(H,24,28)/t18-,23-/m0/s1. The van der Waals surface area contributed by atoms with Crippen molar-refractivity contribution in [3.05, 3.63) is 35.5 Å². The third-order valence-corrected chi connectivity index (χ3v) is 6.36. The molecular weight excluding hydrogens is 380 g/mol. The number of para-hydroxylation sites is 1. The van der Waals surface area contributed by atoms with Gasteiger partial charge in [-0.25, -0.2) is 9.69 Å². The van der Waals surface area contributed by atoms with E-state index in [0.29, 0.717) is 25.9 Å². The Morgan fingerprint density at radius 1 is 1.27 bits per heavy atom. The van der Waals surface area contributed by atoms with E-state index < -0.39 is 11.6 Å². The molecule has 4 amide bonds. The maximum atomic E-state index is 13.8. The zero-order valence-corrected chi connectivity index (χ0v) is 18.1. The SMILES string of the molecule is CCCNC(=O)[C@H](CC(C)C)N1C(=O)N2CCc3c([nH]c4ccccc34)[C@@]2(C)C1=O. The van der Waals surface area contributed by atoms with E-state index in [1.807, 2.05) is 45.0 Å². The minimum absolute atomic E-state index is 0.164. The van der Waals surface area contributed by atoms with Gasteiger partial charge in [-0.05, 0) is 43.7 Å². The van der Waals surface area contributed by atoms with Crippen LogP contribution < -0.4 is 5.32 Å². The Hall–Kier alpha value is -2.83. The Bertz CT molecular complexity index is 1010. The first-order chi connectivity index (χ1) is 14.3. The van der Waals surface area contributed by atoms with E-state index in [4.69, 9.17) is 0 Å². The van der Waals surface area contributed by atoms with Crippen LogP contribution in [0.1, 0.15) is 51.8 Å². The van der Waals surface area contributed by atoms with Crippen LogP contribution in [0.5, 0.6) is 0 Å². The van der Waals surface area contributed by atoms with Crippen molar-refractivity contribution >= 4 is 28.7 Å². The molecule has 2 aromatic rings. The predicted molar refractivity (Wildman–Crippen MR) is 115 cm³/mol. The first-order valence-electron chi connectivity index (χ1n) is 10.8. The highest BCUT2D eigenvalue weighted by molar-refractivity contribution is 6.11. The molecular formula is C23H30N4O3. The second-order valence-electron chi connectivity index (χ2n) is 8.89. The summed E-state index contributed by atoms with van der Waals surface area (Å²) >= 11 is 0. The first kappa shape index (κ1) is 20.4. The summed E-state index contributed by atoms with van der Waals surface area (Å²) in [6, 6.07) is 6.80. The van der Waals surface area contributed by atoms with Gasteiger partial charge in [0.1, 0.15) is 6.04 Å². The quantitative estimate of drug-likeness (QED) is 0.718. The van der Waals surface area contributed by atoms with Crippen LogP contribution in [0.15, 0.2) is 24.3 Å². The third-order valence-electron chi connectivity index (χ3n) is 6.36. The van der Waals surface area contributed by atoms with Gasteiger partial charge < -0.3 is 15.2 Å². The number of urea groups is 1. The molecule has 7 heteroatoms. The van der Waals surface area contributed by atoms with Crippen LogP contribution in [-0.2, 0) is 21.5 Å². The molecule has 1 fully saturated rings. The zero-order valence-electron chi connectivity index (χ0n) is 18.1. The van der Waals surface area contributed by atoms with Crippen molar-refractivity contribution in [1.29, 1.82) is 0 Å². The van der Waals surface area contributed by atoms with Crippen LogP contribution >= 0.6 is 0 Å². The third kappa shape index (κ3) is 2.90. The Labute approximate surface area is 176 Å². The molecule has 2 N–H and O–H groups in total. The highest BCUT2D eigenvalue weighted by atomic mass is 16.2. The minimum atomic E-state index is -1.12. The number of amides is 4. The molecule has 0 bridgehead atoms. The van der Waals surface area contributed by atoms with Gasteiger partial charge in [0.15, 0.2) is 5.54 Å². The van der Waals surface area contributed by atoms with Crippen molar-refractivity contribution in [3.63, 3.8) is 0 Å². The van der Waals surface area contributed by atoms with E-state index >= 15 is 0 Å². The van der Waals surface area contributed by atoms with Crippen molar-refractivity contribution in [2.75, 3.05) is 13.1 Å². The topological polar surface area (TPSA) is 85.5 Å². The smallest absolute Gasteiger partial charge is 0.328 e. The Balaban J connectivity index is 1.77. The first-order valence-corrected chi connectivity index (χ1v) is 10.8. The van der Waals surface area contributed by atoms with Gasteiger partial charge in [-0.1, -0.05) is 39.0 Å². The van der Waals surface area contributed by atoms with Crippen LogP contribution in [-0.4, -0.2) is 51.8 Å². The number of benzene rings is 1. The highest BCUT2D eigenvalue weighted by Crippen LogP contribution is 2.44. The lowest BCUT2D eigenvalue weighted by molar-refractivity contribution is -0.140. The number of hydrogen-bond donors (Lipinski definition) is 2. The highest BCUT2D eigenvalue weighted by Gasteiger charge is 2.60. The van der Waals surface area contributed by atoms with E-state index in [0.717, 1.165) is 28.6 Å². The van der Waals surface area contributed by atoms with Crippen LogP contribution in [0, 0.1) is 5.92 Å². The number of fused-ring (bicyclic) bond motifs is 5. The molecule has 160 valence electrons. The molecule has 4 rings (SSSR count). The maximum Gasteiger partial charge on any atom is 0.328 e. The van der Waals surface area contributed by atoms with Gasteiger partial charge in [0, 0.05) is 24.0 Å². The molecule has 30 heavy (non-hydrogen) atoms. The summed E-state index contributed by atoms with van der Waals surface area (Å²) in [5.41, 5.74) is 1.70. The lowest BCUT2D eigenvalue weighted by atomic mass is 9.87. The van der Waals surface area contributed by atoms with E-state index in [9.17, 15) is 14.4 Å². The second kappa shape index (κ2) is 7.45. The van der Waals surface area contributed by atoms with E-state index in [2.05, 4.69) is 10.3 Å². The van der Waals surface area contributed by atoms with E-state index in [-0.39, 0.29) is 23.8 Å². The van der Waals surface area contributed by atoms with Crippen molar-refractivity contribution in [2.45, 2.75) is 58.5 Å². The molecule has 1 aromatic heterocycles. The van der Waals surface area contributed by atoms with Crippen LogP contribution in [0.4, 0.5) is 4.79 Å². The fourth-order valence-electron chi connectivity index (χ4n) is 4.84. The number of nitrogens with one attached hydrogen (secondary N) is 2. The average Bonchev–Trinajstić information content (AvgIpc) is 3.19. The van der Waals surface area contributed by atoms with E-state index in [1.54, 1.807) is 11.8 Å². The normalized spacial score (nSPS) is 21.9. The van der Waals surface area contributed by atoms with Gasteiger partial charge in [-0.15, -0.1) is 0 Å². The van der Waals surface area contributed by atoms with Crippen molar-refractivity contribution in [2.24, 2.45) is 5.92 Å². The molecule has 0 unspecified atom stereocenters. The average molecular weight is 411 g/mol. The molecule has 0 aliphatic carbocycles. The summed E-state index contributed by atoms with van der Waals surface area (Å²) in [5.74, 6) is -0.415. The monoisotopic (exact) mass is 410 g/mol. The fraction of sp³-hybridized carbons (Fsp3) is 0.522. The number of aromatic amines is 1. The van der Waals surface area contributed by atoms with Gasteiger partial charge >= 0.3 is 6.03 Å². The van der Waals surface area contributed by atoms with Crippen molar-refractivity contribution < 1.29 is 14.4 Å². The molecule has 7 nitrogen and oxygen atoms in total. The molecule has 0 spiro atoms.